The summed E-state index contributed by atoms with van der Waals surface area (Å²) in [4.78, 5) is 11.0. The summed E-state index contributed by atoms with van der Waals surface area (Å²) in [5.41, 5.74) is 3.53. The normalized spacial score (nSPS) is 29.6. The third-order valence-electron chi connectivity index (χ3n) is 7.05. The number of hydrogen-bond acceptors (Lipinski definition) is 5. The molecule has 0 aromatic heterocycles. The van der Waals surface area contributed by atoms with Crippen molar-refractivity contribution in [1.29, 1.82) is 0 Å². The molecule has 2 aliphatic carbocycles. The lowest BCUT2D eigenvalue weighted by molar-refractivity contribution is -0.384. The van der Waals surface area contributed by atoms with E-state index in [9.17, 15) is 10.1 Å². The fourth-order valence-corrected chi connectivity index (χ4v) is 5.96. The van der Waals surface area contributed by atoms with Crippen LogP contribution in [0.4, 0.5) is 11.4 Å². The maximum Gasteiger partial charge on any atom is 0.269 e. The highest BCUT2D eigenvalue weighted by Crippen LogP contribution is 2.64. The molecule has 1 N–H and O–H groups in total. The molecule has 1 aliphatic heterocycles. The molecule has 6 heteroatoms. The smallest absolute Gasteiger partial charge is 0.269 e. The van der Waals surface area contributed by atoms with E-state index in [1.165, 1.54) is 24.8 Å². The molecular weight excluding hydrogens is 356 g/mol. The van der Waals surface area contributed by atoms with E-state index in [-0.39, 0.29) is 16.7 Å². The van der Waals surface area contributed by atoms with Gasteiger partial charge in [0, 0.05) is 17.8 Å². The first-order valence-electron chi connectivity index (χ1n) is 9.87. The van der Waals surface area contributed by atoms with Crippen LogP contribution in [0.25, 0.3) is 0 Å². The zero-order chi connectivity index (χ0) is 19.4. The van der Waals surface area contributed by atoms with Crippen molar-refractivity contribution >= 4 is 11.4 Å². The predicted molar refractivity (Wildman–Crippen MR) is 106 cm³/mol. The second-order valence-corrected chi connectivity index (χ2v) is 8.20. The van der Waals surface area contributed by atoms with Crippen molar-refractivity contribution in [3.8, 4) is 11.5 Å². The summed E-state index contributed by atoms with van der Waals surface area (Å²) < 4.78 is 10.9. The minimum atomic E-state index is -0.289. The first kappa shape index (κ1) is 17.3. The Bertz CT molecular complexity index is 944. The van der Waals surface area contributed by atoms with Crippen LogP contribution >= 0.6 is 0 Å². The monoisotopic (exact) mass is 380 g/mol. The molecule has 1 heterocycles. The van der Waals surface area contributed by atoms with Gasteiger partial charge in [0.2, 0.25) is 0 Å². The van der Waals surface area contributed by atoms with E-state index in [1.54, 1.807) is 26.4 Å². The fraction of sp³-hybridized carbons (Fsp3) is 0.455. The Labute approximate surface area is 164 Å². The Morgan fingerprint density at radius 3 is 2.57 bits per heavy atom. The van der Waals surface area contributed by atoms with Crippen molar-refractivity contribution in [2.45, 2.75) is 31.2 Å². The van der Waals surface area contributed by atoms with Gasteiger partial charge in [-0.05, 0) is 72.3 Å². The number of nitro benzene ring substituents is 1. The first-order chi connectivity index (χ1) is 13.6. The summed E-state index contributed by atoms with van der Waals surface area (Å²) in [5, 5.41) is 15.0. The summed E-state index contributed by atoms with van der Waals surface area (Å²) in [7, 11) is 3.30. The number of benzene rings is 2. The number of fused-ring (bicyclic) bond motifs is 7. The molecule has 3 aliphatic rings. The molecule has 2 aromatic carbocycles. The molecule has 0 spiro atoms. The standard InChI is InChI=1S/C22H24N2O4/c1-27-18-8-5-14(10-19(18)28-2)22-21-13-4-3-12(9-13)20(21)16-11-15(24(25)26)6-7-17(16)23-22/h5-8,10-13,20-23H,3-4,9H2,1-2H3/t12-,13-,20-,21-,22-/m0/s1. The summed E-state index contributed by atoms with van der Waals surface area (Å²) >= 11 is 0. The van der Waals surface area contributed by atoms with E-state index < -0.39 is 0 Å². The van der Waals surface area contributed by atoms with Gasteiger partial charge in [-0.2, -0.15) is 0 Å². The number of nitrogens with one attached hydrogen (secondary N) is 1. The van der Waals surface area contributed by atoms with Crippen LogP contribution in [-0.4, -0.2) is 19.1 Å². The zero-order valence-corrected chi connectivity index (χ0v) is 16.1. The molecular formula is C22H24N2O4. The zero-order valence-electron chi connectivity index (χ0n) is 16.1. The van der Waals surface area contributed by atoms with Gasteiger partial charge in [0.15, 0.2) is 11.5 Å². The molecule has 5 rings (SSSR count). The Balaban J connectivity index is 1.60. The number of ether oxygens (including phenoxy) is 2. The van der Waals surface area contributed by atoms with Crippen LogP contribution in [0.15, 0.2) is 36.4 Å². The predicted octanol–water partition coefficient (Wildman–Crippen LogP) is 4.91. The van der Waals surface area contributed by atoms with Gasteiger partial charge in [-0.15, -0.1) is 0 Å². The van der Waals surface area contributed by atoms with Gasteiger partial charge in [-0.3, -0.25) is 10.1 Å². The SMILES string of the molecule is COc1ccc([C@@H]2Nc3ccc([N+](=O)[O-])cc3[C@@H]3[C@H]4CC[C@@H](C4)[C@@H]32)cc1OC. The number of non-ortho nitro benzene ring substituents is 1. The topological polar surface area (TPSA) is 73.6 Å². The molecule has 2 saturated carbocycles. The average Bonchev–Trinajstić information content (AvgIpc) is 3.34. The van der Waals surface area contributed by atoms with Crippen molar-refractivity contribution in [1.82, 2.24) is 0 Å². The maximum atomic E-state index is 11.3. The van der Waals surface area contributed by atoms with Crippen LogP contribution in [0.1, 0.15) is 42.3 Å². The van der Waals surface area contributed by atoms with E-state index in [0.717, 1.165) is 22.7 Å². The lowest BCUT2D eigenvalue weighted by Gasteiger charge is -2.43. The molecule has 0 radical (unpaired) electrons. The minimum Gasteiger partial charge on any atom is -0.493 e. The highest BCUT2D eigenvalue weighted by molar-refractivity contribution is 5.62. The van der Waals surface area contributed by atoms with Crippen molar-refractivity contribution in [3.05, 3.63) is 57.6 Å². The molecule has 6 nitrogen and oxygen atoms in total. The highest BCUT2D eigenvalue weighted by Gasteiger charge is 2.54. The summed E-state index contributed by atoms with van der Waals surface area (Å²) in [6, 6.07) is 11.6. The maximum absolute atomic E-state index is 11.3. The summed E-state index contributed by atoms with van der Waals surface area (Å²) in [5.74, 6) is 3.58. The number of hydrogen-bond donors (Lipinski definition) is 1. The number of rotatable bonds is 4. The van der Waals surface area contributed by atoms with Crippen molar-refractivity contribution < 1.29 is 14.4 Å². The molecule has 2 bridgehead atoms. The lowest BCUT2D eigenvalue weighted by Crippen LogP contribution is -2.35. The summed E-state index contributed by atoms with van der Waals surface area (Å²) in [6.45, 7) is 0. The third-order valence-corrected chi connectivity index (χ3v) is 7.05. The molecule has 2 fully saturated rings. The molecule has 2 aromatic rings. The van der Waals surface area contributed by atoms with Gasteiger partial charge >= 0.3 is 0 Å². The fourth-order valence-electron chi connectivity index (χ4n) is 5.96. The Morgan fingerprint density at radius 1 is 1.04 bits per heavy atom. The Hall–Kier alpha value is -2.76. The van der Waals surface area contributed by atoms with Crippen LogP contribution in [-0.2, 0) is 0 Å². The van der Waals surface area contributed by atoms with Crippen molar-refractivity contribution in [3.63, 3.8) is 0 Å². The van der Waals surface area contributed by atoms with E-state index in [1.807, 2.05) is 12.1 Å². The van der Waals surface area contributed by atoms with Gasteiger partial charge in [-0.25, -0.2) is 0 Å². The van der Waals surface area contributed by atoms with Gasteiger partial charge in [0.05, 0.1) is 25.2 Å². The van der Waals surface area contributed by atoms with Crippen LogP contribution < -0.4 is 14.8 Å². The molecule has 0 unspecified atom stereocenters. The van der Waals surface area contributed by atoms with Crippen LogP contribution in [0.2, 0.25) is 0 Å². The quantitative estimate of drug-likeness (QED) is 0.603. The molecule has 146 valence electrons. The van der Waals surface area contributed by atoms with Gasteiger partial charge in [0.1, 0.15) is 0 Å². The number of nitro groups is 1. The first-order valence-corrected chi connectivity index (χ1v) is 9.87. The number of nitrogens with zero attached hydrogens (tertiary/aromatic N) is 1. The van der Waals surface area contributed by atoms with E-state index >= 15 is 0 Å². The molecule has 5 atom stereocenters. The highest BCUT2D eigenvalue weighted by atomic mass is 16.6. The largest absolute Gasteiger partial charge is 0.493 e. The average molecular weight is 380 g/mol. The van der Waals surface area contributed by atoms with Gasteiger partial charge < -0.3 is 14.8 Å². The van der Waals surface area contributed by atoms with E-state index in [0.29, 0.717) is 23.7 Å². The Morgan fingerprint density at radius 2 is 1.82 bits per heavy atom. The molecule has 0 saturated heterocycles. The number of anilines is 1. The van der Waals surface area contributed by atoms with Gasteiger partial charge in [0.25, 0.3) is 5.69 Å². The van der Waals surface area contributed by atoms with E-state index in [2.05, 4.69) is 17.4 Å². The van der Waals surface area contributed by atoms with E-state index in [4.69, 9.17) is 9.47 Å². The molecule has 28 heavy (non-hydrogen) atoms. The Kier molecular flexibility index (Phi) is 3.96. The molecule has 0 amide bonds. The second kappa shape index (κ2) is 6.40. The minimum absolute atomic E-state index is 0.175. The van der Waals surface area contributed by atoms with Crippen LogP contribution in [0, 0.1) is 27.9 Å². The number of methoxy groups -OCH3 is 2. The van der Waals surface area contributed by atoms with Crippen LogP contribution in [0.5, 0.6) is 11.5 Å². The van der Waals surface area contributed by atoms with Crippen molar-refractivity contribution in [2.24, 2.45) is 17.8 Å². The third kappa shape index (κ3) is 2.47. The van der Waals surface area contributed by atoms with Crippen molar-refractivity contribution in [2.75, 3.05) is 19.5 Å². The summed E-state index contributed by atoms with van der Waals surface area (Å²) in [6.07, 6.45) is 3.71. The second-order valence-electron chi connectivity index (χ2n) is 8.20. The van der Waals surface area contributed by atoms with Gasteiger partial charge in [-0.1, -0.05) is 6.07 Å². The van der Waals surface area contributed by atoms with Crippen LogP contribution in [0.3, 0.4) is 0 Å². The lowest BCUT2D eigenvalue weighted by atomic mass is 9.68.